The second-order valence-electron chi connectivity index (χ2n) is 8.74. The lowest BCUT2D eigenvalue weighted by molar-refractivity contribution is -0.0260. The number of hydrogen-bond acceptors (Lipinski definition) is 4. The Morgan fingerprint density at radius 2 is 1.73 bits per heavy atom. The second kappa shape index (κ2) is 7.01. The predicted octanol–water partition coefficient (Wildman–Crippen LogP) is 4.45. The molecule has 3 heterocycles. The first-order chi connectivity index (χ1) is 12.2. The van der Waals surface area contributed by atoms with Gasteiger partial charge in [-0.3, -0.25) is 9.78 Å². The SMILES string of the molecule is Cc1ccc(C(=O)C2CC3CCCC(C2)N3C(=O)OC(C)(C)C)c(C)n1. The lowest BCUT2D eigenvalue weighted by atomic mass is 9.75. The van der Waals surface area contributed by atoms with Crippen LogP contribution < -0.4 is 0 Å². The molecule has 0 aliphatic carbocycles. The summed E-state index contributed by atoms with van der Waals surface area (Å²) in [6.45, 7) is 9.51. The molecule has 0 spiro atoms. The first-order valence-electron chi connectivity index (χ1n) is 9.65. The number of rotatable bonds is 2. The normalized spacial score (nSPS) is 25.7. The van der Waals surface area contributed by atoms with Crippen molar-refractivity contribution in [1.29, 1.82) is 0 Å². The van der Waals surface area contributed by atoms with Gasteiger partial charge in [0.2, 0.25) is 0 Å². The summed E-state index contributed by atoms with van der Waals surface area (Å²) < 4.78 is 5.62. The fourth-order valence-corrected chi connectivity index (χ4v) is 4.38. The summed E-state index contributed by atoms with van der Waals surface area (Å²) in [6.07, 6.45) is 4.23. The number of ketones is 1. The standard InChI is InChI=1S/C21H30N2O3/c1-13-9-10-18(14(2)22-13)19(24)15-11-16-7-6-8-17(12-15)23(16)20(25)26-21(3,4)5/h9-10,15-17H,6-8,11-12H2,1-5H3. The van der Waals surface area contributed by atoms with Gasteiger partial charge in [-0.25, -0.2) is 4.79 Å². The Labute approximate surface area is 156 Å². The molecule has 2 aliphatic rings. The van der Waals surface area contributed by atoms with E-state index in [4.69, 9.17) is 4.74 Å². The van der Waals surface area contributed by atoms with E-state index in [1.807, 2.05) is 51.7 Å². The molecule has 26 heavy (non-hydrogen) atoms. The topological polar surface area (TPSA) is 59.5 Å². The quantitative estimate of drug-likeness (QED) is 0.733. The van der Waals surface area contributed by atoms with Gasteiger partial charge >= 0.3 is 6.09 Å². The number of carbonyl (C=O) groups is 2. The van der Waals surface area contributed by atoms with Crippen molar-refractivity contribution < 1.29 is 14.3 Å². The minimum Gasteiger partial charge on any atom is -0.444 e. The molecule has 0 saturated carbocycles. The first-order valence-corrected chi connectivity index (χ1v) is 9.65. The molecule has 0 N–H and O–H groups in total. The van der Waals surface area contributed by atoms with Crippen molar-refractivity contribution in [1.82, 2.24) is 9.88 Å². The van der Waals surface area contributed by atoms with Crippen LogP contribution >= 0.6 is 0 Å². The molecule has 2 bridgehead atoms. The predicted molar refractivity (Wildman–Crippen MR) is 100 cm³/mol. The van der Waals surface area contributed by atoms with Crippen molar-refractivity contribution in [3.63, 3.8) is 0 Å². The van der Waals surface area contributed by atoms with Crippen LogP contribution in [0.5, 0.6) is 0 Å². The van der Waals surface area contributed by atoms with E-state index in [-0.39, 0.29) is 29.9 Å². The van der Waals surface area contributed by atoms with E-state index in [1.54, 1.807) is 0 Å². The van der Waals surface area contributed by atoms with E-state index in [2.05, 4.69) is 4.98 Å². The number of ether oxygens (including phenoxy) is 1. The largest absolute Gasteiger partial charge is 0.444 e. The average molecular weight is 358 g/mol. The van der Waals surface area contributed by atoms with Gasteiger partial charge in [0.15, 0.2) is 5.78 Å². The molecule has 142 valence electrons. The number of hydrogen-bond donors (Lipinski definition) is 0. The summed E-state index contributed by atoms with van der Waals surface area (Å²) in [5.74, 6) is 0.142. The number of nitrogens with zero attached hydrogens (tertiary/aromatic N) is 2. The Morgan fingerprint density at radius 3 is 2.27 bits per heavy atom. The van der Waals surface area contributed by atoms with Gasteiger partial charge in [-0.15, -0.1) is 0 Å². The molecule has 2 saturated heterocycles. The van der Waals surface area contributed by atoms with Gasteiger partial charge in [-0.1, -0.05) is 0 Å². The Balaban J connectivity index is 1.77. The number of fused-ring (bicyclic) bond motifs is 2. The van der Waals surface area contributed by atoms with E-state index in [0.29, 0.717) is 0 Å². The summed E-state index contributed by atoms with van der Waals surface area (Å²) in [5, 5.41) is 0. The Morgan fingerprint density at radius 1 is 1.12 bits per heavy atom. The van der Waals surface area contributed by atoms with Crippen molar-refractivity contribution in [3.8, 4) is 0 Å². The molecule has 1 amide bonds. The van der Waals surface area contributed by atoms with Crippen molar-refractivity contribution >= 4 is 11.9 Å². The summed E-state index contributed by atoms with van der Waals surface area (Å²) in [6, 6.07) is 4.00. The number of piperidine rings is 2. The number of carbonyl (C=O) groups excluding carboxylic acids is 2. The van der Waals surface area contributed by atoms with Gasteiger partial charge in [0.25, 0.3) is 0 Å². The van der Waals surface area contributed by atoms with Crippen LogP contribution in [0.15, 0.2) is 12.1 Å². The number of aryl methyl sites for hydroxylation is 2. The van der Waals surface area contributed by atoms with Crippen LogP contribution in [0, 0.1) is 19.8 Å². The van der Waals surface area contributed by atoms with Gasteiger partial charge in [-0.2, -0.15) is 0 Å². The van der Waals surface area contributed by atoms with E-state index < -0.39 is 5.60 Å². The molecular weight excluding hydrogens is 328 g/mol. The molecule has 2 aliphatic heterocycles. The molecule has 5 nitrogen and oxygen atoms in total. The van der Waals surface area contributed by atoms with Gasteiger partial charge in [0.05, 0.1) is 0 Å². The molecule has 2 unspecified atom stereocenters. The zero-order valence-corrected chi connectivity index (χ0v) is 16.5. The zero-order chi connectivity index (χ0) is 19.1. The van der Waals surface area contributed by atoms with E-state index >= 15 is 0 Å². The molecule has 2 fully saturated rings. The molecule has 0 radical (unpaired) electrons. The van der Waals surface area contributed by atoms with Gasteiger partial charge < -0.3 is 9.64 Å². The van der Waals surface area contributed by atoms with E-state index in [0.717, 1.165) is 49.1 Å². The monoisotopic (exact) mass is 358 g/mol. The fraction of sp³-hybridized carbons (Fsp3) is 0.667. The number of aromatic nitrogens is 1. The summed E-state index contributed by atoms with van der Waals surface area (Å²) in [7, 11) is 0. The minimum atomic E-state index is -0.497. The highest BCUT2D eigenvalue weighted by Crippen LogP contribution is 2.39. The zero-order valence-electron chi connectivity index (χ0n) is 16.5. The molecule has 5 heteroatoms. The maximum Gasteiger partial charge on any atom is 0.410 e. The molecule has 2 atom stereocenters. The third-order valence-corrected chi connectivity index (χ3v) is 5.44. The Hall–Kier alpha value is -1.91. The van der Waals surface area contributed by atoms with Crippen LogP contribution in [0.1, 0.15) is 74.6 Å². The van der Waals surface area contributed by atoms with Gasteiger partial charge in [-0.05, 0) is 78.9 Å². The van der Waals surface area contributed by atoms with Crippen LogP contribution in [0.3, 0.4) is 0 Å². The first kappa shape index (κ1) is 18.9. The van der Waals surface area contributed by atoms with Crippen LogP contribution in [0.2, 0.25) is 0 Å². The lowest BCUT2D eigenvalue weighted by Gasteiger charge is -2.48. The summed E-state index contributed by atoms with van der Waals surface area (Å²) in [5.41, 5.74) is 1.96. The summed E-state index contributed by atoms with van der Waals surface area (Å²) >= 11 is 0. The lowest BCUT2D eigenvalue weighted by Crippen LogP contribution is -2.56. The highest BCUT2D eigenvalue weighted by Gasteiger charge is 2.44. The maximum absolute atomic E-state index is 13.1. The van der Waals surface area contributed by atoms with Crippen LogP contribution in [0.4, 0.5) is 4.79 Å². The Bertz CT molecular complexity index is 694. The fourth-order valence-electron chi connectivity index (χ4n) is 4.38. The third-order valence-electron chi connectivity index (χ3n) is 5.44. The van der Waals surface area contributed by atoms with Gasteiger partial charge in [0, 0.05) is 35.0 Å². The average Bonchev–Trinajstić information content (AvgIpc) is 2.51. The van der Waals surface area contributed by atoms with Crippen LogP contribution in [-0.2, 0) is 4.74 Å². The maximum atomic E-state index is 13.1. The molecule has 1 aromatic heterocycles. The molecular formula is C21H30N2O3. The number of pyridine rings is 1. The van der Waals surface area contributed by atoms with Crippen molar-refractivity contribution in [2.75, 3.05) is 0 Å². The highest BCUT2D eigenvalue weighted by molar-refractivity contribution is 5.99. The number of Topliss-reactive ketones (excluding diaryl/α,β-unsaturated/α-hetero) is 1. The Kier molecular flexibility index (Phi) is 5.09. The molecule has 3 rings (SSSR count). The van der Waals surface area contributed by atoms with Crippen LogP contribution in [-0.4, -0.2) is 39.4 Å². The van der Waals surface area contributed by atoms with E-state index in [1.165, 1.54) is 0 Å². The van der Waals surface area contributed by atoms with Crippen molar-refractivity contribution in [2.24, 2.45) is 5.92 Å². The van der Waals surface area contributed by atoms with Crippen LogP contribution in [0.25, 0.3) is 0 Å². The smallest absolute Gasteiger partial charge is 0.410 e. The molecule has 1 aromatic rings. The van der Waals surface area contributed by atoms with E-state index in [9.17, 15) is 9.59 Å². The summed E-state index contributed by atoms with van der Waals surface area (Å²) in [4.78, 5) is 32.1. The van der Waals surface area contributed by atoms with Crippen molar-refractivity contribution in [2.45, 2.75) is 84.4 Å². The third kappa shape index (κ3) is 3.92. The molecule has 0 aromatic carbocycles. The minimum absolute atomic E-state index is 0.0350. The second-order valence-corrected chi connectivity index (χ2v) is 8.74. The highest BCUT2D eigenvalue weighted by atomic mass is 16.6. The van der Waals surface area contributed by atoms with Gasteiger partial charge in [0.1, 0.15) is 5.60 Å². The number of amides is 1. The van der Waals surface area contributed by atoms with Crippen molar-refractivity contribution in [3.05, 3.63) is 29.1 Å².